The van der Waals surface area contributed by atoms with Gasteiger partial charge in [0, 0.05) is 18.0 Å². The van der Waals surface area contributed by atoms with Crippen molar-refractivity contribution in [2.24, 2.45) is 0 Å². The second-order valence-electron chi connectivity index (χ2n) is 3.65. The molecule has 19 heavy (non-hydrogen) atoms. The van der Waals surface area contributed by atoms with E-state index in [0.717, 1.165) is 12.3 Å². The summed E-state index contributed by atoms with van der Waals surface area (Å²) in [5, 5.41) is 0.131. The van der Waals surface area contributed by atoms with E-state index in [1.165, 1.54) is 12.1 Å². The second-order valence-corrected chi connectivity index (χ2v) is 5.72. The third-order valence-corrected chi connectivity index (χ3v) is 3.63. The first kappa shape index (κ1) is 13.5. The summed E-state index contributed by atoms with van der Waals surface area (Å²) in [4.78, 5) is 20.7. The second kappa shape index (κ2) is 4.98. The molecule has 2 aromatic heterocycles. The predicted molar refractivity (Wildman–Crippen MR) is 69.7 cm³/mol. The molecule has 9 heteroatoms. The minimum Gasteiger partial charge on any atom is -0.328 e. The first-order valence-corrected chi connectivity index (χ1v) is 6.96. The zero-order valence-corrected chi connectivity index (χ0v) is 11.3. The molecule has 0 atom stereocenters. The molecule has 0 saturated heterocycles. The van der Waals surface area contributed by atoms with E-state index >= 15 is 0 Å². The lowest BCUT2D eigenvalue weighted by atomic mass is 10.5. The molecule has 0 saturated carbocycles. The van der Waals surface area contributed by atoms with Crippen LogP contribution in [0.4, 0.5) is 5.95 Å². The van der Waals surface area contributed by atoms with Crippen LogP contribution in [0.2, 0.25) is 5.15 Å². The van der Waals surface area contributed by atoms with E-state index in [1.54, 1.807) is 6.92 Å². The van der Waals surface area contributed by atoms with Crippen molar-refractivity contribution < 1.29 is 8.42 Å². The normalized spacial score (nSPS) is 11.3. The van der Waals surface area contributed by atoms with Crippen LogP contribution >= 0.6 is 11.6 Å². The average Bonchev–Trinajstić information content (AvgIpc) is 2.27. The Hall–Kier alpha value is -1.93. The summed E-state index contributed by atoms with van der Waals surface area (Å²) in [6, 6.07) is 3.79. The Bertz CT molecular complexity index is 732. The van der Waals surface area contributed by atoms with Crippen molar-refractivity contribution in [3.8, 4) is 0 Å². The highest BCUT2D eigenvalue weighted by Gasteiger charge is 2.16. The summed E-state index contributed by atoms with van der Waals surface area (Å²) < 4.78 is 26.1. The molecule has 0 bridgehead atoms. The van der Waals surface area contributed by atoms with Crippen LogP contribution in [0, 0.1) is 6.92 Å². The van der Waals surface area contributed by atoms with Crippen LogP contribution in [0.3, 0.4) is 0 Å². The van der Waals surface area contributed by atoms with Gasteiger partial charge in [0.1, 0.15) is 10.0 Å². The fraction of sp³-hybridized carbons (Fsp3) is 0.100. The SMILES string of the molecule is Cc1cc(Cl)nc(NS(=O)(=O)c2ccc(=O)[nH]c2)n1. The zero-order chi connectivity index (χ0) is 14.0. The maximum Gasteiger partial charge on any atom is 0.265 e. The number of halogens is 1. The number of hydrogen-bond acceptors (Lipinski definition) is 5. The summed E-state index contributed by atoms with van der Waals surface area (Å²) in [5.41, 5.74) is 0.132. The van der Waals surface area contributed by atoms with Crippen molar-refractivity contribution in [2.75, 3.05) is 4.72 Å². The number of pyridine rings is 1. The number of H-pyrrole nitrogens is 1. The first-order chi connectivity index (χ1) is 8.87. The Morgan fingerprint density at radius 3 is 2.63 bits per heavy atom. The zero-order valence-electron chi connectivity index (χ0n) is 9.71. The van der Waals surface area contributed by atoms with Crippen LogP contribution < -0.4 is 10.3 Å². The largest absolute Gasteiger partial charge is 0.328 e. The van der Waals surface area contributed by atoms with E-state index in [1.807, 2.05) is 0 Å². The lowest BCUT2D eigenvalue weighted by molar-refractivity contribution is 0.600. The summed E-state index contributed by atoms with van der Waals surface area (Å²) in [5.74, 6) is -0.129. The van der Waals surface area contributed by atoms with Gasteiger partial charge in [-0.25, -0.2) is 23.1 Å². The van der Waals surface area contributed by atoms with Gasteiger partial charge in [0.15, 0.2) is 0 Å². The van der Waals surface area contributed by atoms with Crippen LogP contribution in [0.15, 0.2) is 34.1 Å². The van der Waals surface area contributed by atoms with Gasteiger partial charge in [-0.2, -0.15) is 0 Å². The Morgan fingerprint density at radius 1 is 1.32 bits per heavy atom. The molecule has 7 nitrogen and oxygen atoms in total. The highest BCUT2D eigenvalue weighted by atomic mass is 35.5. The van der Waals surface area contributed by atoms with Crippen molar-refractivity contribution in [2.45, 2.75) is 11.8 Å². The van der Waals surface area contributed by atoms with Gasteiger partial charge in [0.05, 0.1) is 0 Å². The molecule has 100 valence electrons. The van der Waals surface area contributed by atoms with Crippen LogP contribution in [0.1, 0.15) is 5.69 Å². The Morgan fingerprint density at radius 2 is 2.05 bits per heavy atom. The van der Waals surface area contributed by atoms with Crippen molar-refractivity contribution in [1.82, 2.24) is 15.0 Å². The summed E-state index contributed by atoms with van der Waals surface area (Å²) >= 11 is 5.71. The lowest BCUT2D eigenvalue weighted by Crippen LogP contribution is -2.17. The van der Waals surface area contributed by atoms with Gasteiger partial charge in [0.2, 0.25) is 11.5 Å². The maximum absolute atomic E-state index is 12.0. The van der Waals surface area contributed by atoms with E-state index in [4.69, 9.17) is 11.6 Å². The van der Waals surface area contributed by atoms with E-state index in [2.05, 4.69) is 19.7 Å². The Labute approximate surface area is 113 Å². The monoisotopic (exact) mass is 300 g/mol. The summed E-state index contributed by atoms with van der Waals surface area (Å²) in [7, 11) is -3.87. The summed E-state index contributed by atoms with van der Waals surface area (Å²) in [6.07, 6.45) is 1.09. The third kappa shape index (κ3) is 3.30. The lowest BCUT2D eigenvalue weighted by Gasteiger charge is -2.06. The standard InChI is InChI=1S/C10H9ClN4O3S/c1-6-4-8(11)14-10(13-6)15-19(17,18)7-2-3-9(16)12-5-7/h2-5H,1H3,(H,12,16)(H,13,14,15). The Balaban J connectivity index is 2.36. The molecule has 0 aromatic carbocycles. The number of hydrogen-bond donors (Lipinski definition) is 2. The fourth-order valence-corrected chi connectivity index (χ4v) is 2.47. The Kier molecular flexibility index (Phi) is 3.54. The van der Waals surface area contributed by atoms with Gasteiger partial charge in [-0.15, -0.1) is 0 Å². The van der Waals surface area contributed by atoms with Crippen molar-refractivity contribution in [3.05, 3.63) is 45.6 Å². The number of rotatable bonds is 3. The number of nitrogens with zero attached hydrogens (tertiary/aromatic N) is 2. The van der Waals surface area contributed by atoms with E-state index in [-0.39, 0.29) is 16.0 Å². The molecule has 2 aromatic rings. The number of aromatic nitrogens is 3. The molecule has 0 amide bonds. The van der Waals surface area contributed by atoms with Crippen molar-refractivity contribution in [1.29, 1.82) is 0 Å². The predicted octanol–water partition coefficient (Wildman–Crippen LogP) is 0.928. The van der Waals surface area contributed by atoms with Gasteiger partial charge < -0.3 is 4.98 Å². The van der Waals surface area contributed by atoms with E-state index in [0.29, 0.717) is 5.69 Å². The minimum absolute atomic E-state index is 0.103. The highest BCUT2D eigenvalue weighted by Crippen LogP contribution is 2.14. The van der Waals surface area contributed by atoms with Crippen LogP contribution in [0.25, 0.3) is 0 Å². The number of aromatic amines is 1. The molecule has 2 N–H and O–H groups in total. The molecule has 0 aliphatic heterocycles. The molecule has 0 aliphatic carbocycles. The van der Waals surface area contributed by atoms with Crippen molar-refractivity contribution >= 4 is 27.6 Å². The molecule has 0 spiro atoms. The van der Waals surface area contributed by atoms with Crippen LogP contribution in [-0.2, 0) is 10.0 Å². The first-order valence-electron chi connectivity index (χ1n) is 5.09. The molecular formula is C10H9ClN4O3S. The third-order valence-electron chi connectivity index (χ3n) is 2.11. The minimum atomic E-state index is -3.87. The number of aryl methyl sites for hydroxylation is 1. The van der Waals surface area contributed by atoms with Gasteiger partial charge in [-0.3, -0.25) is 4.79 Å². The molecule has 2 rings (SSSR count). The van der Waals surface area contributed by atoms with Gasteiger partial charge in [-0.1, -0.05) is 11.6 Å². The molecule has 0 radical (unpaired) electrons. The van der Waals surface area contributed by atoms with Gasteiger partial charge in [-0.05, 0) is 19.1 Å². The molecule has 0 aliphatic rings. The maximum atomic E-state index is 12.0. The summed E-state index contributed by atoms with van der Waals surface area (Å²) in [6.45, 7) is 1.66. The smallest absolute Gasteiger partial charge is 0.265 e. The molecule has 0 fully saturated rings. The number of sulfonamides is 1. The molecular weight excluding hydrogens is 292 g/mol. The van der Waals surface area contributed by atoms with E-state index in [9.17, 15) is 13.2 Å². The van der Waals surface area contributed by atoms with E-state index < -0.39 is 15.6 Å². The molecule has 0 unspecified atom stereocenters. The fourth-order valence-electron chi connectivity index (χ4n) is 1.32. The topological polar surface area (TPSA) is 105 Å². The quantitative estimate of drug-likeness (QED) is 0.820. The van der Waals surface area contributed by atoms with Gasteiger partial charge in [0.25, 0.3) is 10.0 Å². The highest BCUT2D eigenvalue weighted by molar-refractivity contribution is 7.92. The number of anilines is 1. The van der Waals surface area contributed by atoms with Crippen LogP contribution in [0.5, 0.6) is 0 Å². The average molecular weight is 301 g/mol. The van der Waals surface area contributed by atoms with Crippen LogP contribution in [-0.4, -0.2) is 23.4 Å². The van der Waals surface area contributed by atoms with Crippen molar-refractivity contribution in [3.63, 3.8) is 0 Å². The molecule has 2 heterocycles. The number of nitrogens with one attached hydrogen (secondary N) is 2. The van der Waals surface area contributed by atoms with Gasteiger partial charge >= 0.3 is 0 Å².